The highest BCUT2D eigenvalue weighted by Gasteiger charge is 2.22. The Morgan fingerprint density at radius 2 is 1.61 bits per heavy atom. The van der Waals surface area contributed by atoms with Crippen molar-refractivity contribution < 1.29 is 18.8 Å². The van der Waals surface area contributed by atoms with Gasteiger partial charge in [-0.1, -0.05) is 16.8 Å². The van der Waals surface area contributed by atoms with Gasteiger partial charge in [-0.05, 0) is 62.4 Å². The molecule has 33 heavy (non-hydrogen) atoms. The minimum atomic E-state index is 0.0457. The molecular weight excluding hydrogens is 442 g/mol. The van der Waals surface area contributed by atoms with Gasteiger partial charge in [-0.3, -0.25) is 9.69 Å². The Kier molecular flexibility index (Phi) is 7.52. The molecule has 4 rings (SSSR count). The molecule has 0 N–H and O–H groups in total. The highest BCUT2D eigenvalue weighted by atomic mass is 35.5. The normalized spacial score (nSPS) is 14.3. The van der Waals surface area contributed by atoms with Crippen LogP contribution in [0.2, 0.25) is 5.02 Å². The summed E-state index contributed by atoms with van der Waals surface area (Å²) in [6.45, 7) is 8.62. The first-order valence-electron chi connectivity index (χ1n) is 11.0. The Balaban J connectivity index is 1.21. The summed E-state index contributed by atoms with van der Waals surface area (Å²) in [6.07, 6.45) is 0. The van der Waals surface area contributed by atoms with Crippen molar-refractivity contribution >= 4 is 17.5 Å². The topological polar surface area (TPSA) is 68.0 Å². The fraction of sp³-hybridized carbons (Fsp3) is 0.360. The zero-order valence-electron chi connectivity index (χ0n) is 18.9. The molecule has 174 valence electrons. The second-order valence-electron chi connectivity index (χ2n) is 8.05. The molecule has 7 nitrogen and oxygen atoms in total. The first-order chi connectivity index (χ1) is 16.0. The summed E-state index contributed by atoms with van der Waals surface area (Å²) < 4.78 is 16.8. The van der Waals surface area contributed by atoms with Crippen molar-refractivity contribution in [3.05, 3.63) is 76.1 Å². The van der Waals surface area contributed by atoms with Crippen LogP contribution in [-0.4, -0.2) is 60.2 Å². The summed E-state index contributed by atoms with van der Waals surface area (Å²) in [4.78, 5) is 17.1. The Labute approximate surface area is 198 Å². The Bertz CT molecular complexity index is 1040. The molecule has 0 spiro atoms. The third-order valence-corrected chi connectivity index (χ3v) is 6.07. The van der Waals surface area contributed by atoms with Crippen molar-refractivity contribution in [1.82, 2.24) is 15.0 Å². The fourth-order valence-electron chi connectivity index (χ4n) is 3.74. The van der Waals surface area contributed by atoms with Crippen LogP contribution in [0.15, 0.2) is 53.1 Å². The third kappa shape index (κ3) is 6.06. The third-order valence-electron chi connectivity index (χ3n) is 5.82. The molecule has 1 aromatic heterocycles. The molecule has 0 unspecified atom stereocenters. The van der Waals surface area contributed by atoms with Gasteiger partial charge in [0.05, 0.1) is 11.3 Å². The lowest BCUT2D eigenvalue weighted by atomic mass is 10.1. The second-order valence-corrected chi connectivity index (χ2v) is 8.49. The number of benzene rings is 2. The molecule has 0 atom stereocenters. The van der Waals surface area contributed by atoms with Gasteiger partial charge in [0.15, 0.2) is 0 Å². The monoisotopic (exact) mass is 469 g/mol. The highest BCUT2D eigenvalue weighted by molar-refractivity contribution is 6.30. The zero-order chi connectivity index (χ0) is 23.2. The van der Waals surface area contributed by atoms with Crippen molar-refractivity contribution in [2.75, 3.05) is 39.3 Å². The van der Waals surface area contributed by atoms with Crippen LogP contribution >= 0.6 is 11.6 Å². The van der Waals surface area contributed by atoms with E-state index in [4.69, 9.17) is 25.6 Å². The number of rotatable bonds is 8. The van der Waals surface area contributed by atoms with Crippen LogP contribution in [0, 0.1) is 13.8 Å². The van der Waals surface area contributed by atoms with Crippen molar-refractivity contribution in [3.63, 3.8) is 0 Å². The maximum absolute atomic E-state index is 12.9. The smallest absolute Gasteiger partial charge is 0.253 e. The summed E-state index contributed by atoms with van der Waals surface area (Å²) in [5, 5.41) is 4.63. The molecule has 0 aliphatic carbocycles. The standard InChI is InChI=1S/C25H28ClN3O4/c1-18-24(19(2)33-27-18)17-32-23-7-3-20(4-8-23)25(30)29-13-11-28(12-14-29)15-16-31-22-9-5-21(26)6-10-22/h3-10H,11-17H2,1-2H3. The number of ether oxygens (including phenoxy) is 2. The largest absolute Gasteiger partial charge is 0.492 e. The summed E-state index contributed by atoms with van der Waals surface area (Å²) in [5.74, 6) is 2.32. The molecule has 0 radical (unpaired) electrons. The van der Waals surface area contributed by atoms with E-state index in [-0.39, 0.29) is 5.91 Å². The molecule has 3 aromatic rings. The van der Waals surface area contributed by atoms with E-state index in [0.717, 1.165) is 42.4 Å². The Morgan fingerprint density at radius 3 is 2.24 bits per heavy atom. The SMILES string of the molecule is Cc1noc(C)c1COc1ccc(C(=O)N2CCN(CCOc3ccc(Cl)cc3)CC2)cc1. The number of carbonyl (C=O) groups excluding carboxylic acids is 1. The van der Waals surface area contributed by atoms with Crippen LogP contribution in [-0.2, 0) is 6.61 Å². The summed E-state index contributed by atoms with van der Waals surface area (Å²) >= 11 is 5.89. The summed E-state index contributed by atoms with van der Waals surface area (Å²) in [5.41, 5.74) is 2.45. The van der Waals surface area contributed by atoms with Crippen LogP contribution in [0.25, 0.3) is 0 Å². The van der Waals surface area contributed by atoms with E-state index in [0.29, 0.717) is 42.6 Å². The lowest BCUT2D eigenvalue weighted by Gasteiger charge is -2.34. The number of hydrogen-bond donors (Lipinski definition) is 0. The fourth-order valence-corrected chi connectivity index (χ4v) is 3.86. The van der Waals surface area contributed by atoms with E-state index in [9.17, 15) is 4.79 Å². The van der Waals surface area contributed by atoms with Crippen LogP contribution < -0.4 is 9.47 Å². The zero-order valence-corrected chi connectivity index (χ0v) is 19.7. The van der Waals surface area contributed by atoms with E-state index in [1.165, 1.54) is 0 Å². The van der Waals surface area contributed by atoms with Gasteiger partial charge in [0.1, 0.15) is 30.5 Å². The van der Waals surface area contributed by atoms with Crippen LogP contribution in [0.4, 0.5) is 0 Å². The molecule has 1 amide bonds. The van der Waals surface area contributed by atoms with Gasteiger partial charge in [0.2, 0.25) is 0 Å². The molecule has 1 saturated heterocycles. The first kappa shape index (κ1) is 23.1. The van der Waals surface area contributed by atoms with Gasteiger partial charge in [0.25, 0.3) is 5.91 Å². The van der Waals surface area contributed by atoms with Gasteiger partial charge >= 0.3 is 0 Å². The maximum Gasteiger partial charge on any atom is 0.253 e. The predicted octanol–water partition coefficient (Wildman–Crippen LogP) is 4.36. The van der Waals surface area contributed by atoms with Crippen molar-refractivity contribution in [2.24, 2.45) is 0 Å². The minimum absolute atomic E-state index is 0.0457. The van der Waals surface area contributed by atoms with E-state index in [2.05, 4.69) is 10.1 Å². The number of halogens is 1. The quantitative estimate of drug-likeness (QED) is 0.488. The van der Waals surface area contributed by atoms with Gasteiger partial charge in [-0.15, -0.1) is 0 Å². The molecule has 8 heteroatoms. The Hall–Kier alpha value is -3.03. The number of piperazine rings is 1. The lowest BCUT2D eigenvalue weighted by molar-refractivity contribution is 0.0620. The molecule has 1 aliphatic heterocycles. The van der Waals surface area contributed by atoms with Crippen molar-refractivity contribution in [1.29, 1.82) is 0 Å². The maximum atomic E-state index is 12.9. The highest BCUT2D eigenvalue weighted by Crippen LogP contribution is 2.19. The average Bonchev–Trinajstić information content (AvgIpc) is 3.16. The summed E-state index contributed by atoms with van der Waals surface area (Å²) in [7, 11) is 0. The lowest BCUT2D eigenvalue weighted by Crippen LogP contribution is -2.49. The van der Waals surface area contributed by atoms with E-state index < -0.39 is 0 Å². The molecule has 0 bridgehead atoms. The number of aryl methyl sites for hydroxylation is 2. The Morgan fingerprint density at radius 1 is 0.970 bits per heavy atom. The molecule has 2 heterocycles. The van der Waals surface area contributed by atoms with Crippen molar-refractivity contribution in [2.45, 2.75) is 20.5 Å². The van der Waals surface area contributed by atoms with Gasteiger partial charge < -0.3 is 18.9 Å². The average molecular weight is 470 g/mol. The number of hydrogen-bond acceptors (Lipinski definition) is 6. The number of nitrogens with zero attached hydrogens (tertiary/aromatic N) is 3. The molecular formula is C25H28ClN3O4. The van der Waals surface area contributed by atoms with Gasteiger partial charge in [0, 0.05) is 43.3 Å². The van der Waals surface area contributed by atoms with Gasteiger partial charge in [-0.2, -0.15) is 0 Å². The predicted molar refractivity (Wildman–Crippen MR) is 126 cm³/mol. The number of carbonyl (C=O) groups is 1. The molecule has 0 saturated carbocycles. The van der Waals surface area contributed by atoms with Crippen LogP contribution in [0.5, 0.6) is 11.5 Å². The summed E-state index contributed by atoms with van der Waals surface area (Å²) in [6, 6.07) is 14.7. The van der Waals surface area contributed by atoms with Gasteiger partial charge in [-0.25, -0.2) is 0 Å². The van der Waals surface area contributed by atoms with Crippen LogP contribution in [0.3, 0.4) is 0 Å². The number of amides is 1. The van der Waals surface area contributed by atoms with Crippen LogP contribution in [0.1, 0.15) is 27.4 Å². The molecule has 1 aliphatic rings. The van der Waals surface area contributed by atoms with E-state index in [1.54, 1.807) is 0 Å². The molecule has 2 aromatic carbocycles. The van der Waals surface area contributed by atoms with E-state index in [1.807, 2.05) is 67.3 Å². The minimum Gasteiger partial charge on any atom is -0.492 e. The number of aromatic nitrogens is 1. The van der Waals surface area contributed by atoms with E-state index >= 15 is 0 Å². The second kappa shape index (κ2) is 10.7. The van der Waals surface area contributed by atoms with Crippen molar-refractivity contribution in [3.8, 4) is 11.5 Å². The first-order valence-corrected chi connectivity index (χ1v) is 11.4. The molecule has 1 fully saturated rings.